The summed E-state index contributed by atoms with van der Waals surface area (Å²) in [4.78, 5) is 31.5. The molecule has 2 saturated heterocycles. The predicted octanol–water partition coefficient (Wildman–Crippen LogP) is 3.53. The number of ether oxygens (including phenoxy) is 2. The Balaban J connectivity index is 1.28. The first kappa shape index (κ1) is 22.6. The molecule has 3 aliphatic rings. The monoisotopic (exact) mass is 461 g/mol. The third-order valence-electron chi connectivity index (χ3n) is 7.29. The van der Waals surface area contributed by atoms with Crippen molar-refractivity contribution in [1.82, 2.24) is 14.7 Å². The number of carbonyl (C=O) groups excluding carboxylic acids is 2. The molecule has 7 nitrogen and oxygen atoms in total. The summed E-state index contributed by atoms with van der Waals surface area (Å²) in [5.41, 5.74) is 5.07. The SMILES string of the molecule is C=CCN1CC2CN(C(=O)OCc3ccccc3)CCN2CC1c1ccc2c(c1C)COC2=O. The number of piperazine rings is 2. The van der Waals surface area contributed by atoms with Gasteiger partial charge in [0.05, 0.1) is 5.56 Å². The average Bonchev–Trinajstić information content (AvgIpc) is 3.24. The Morgan fingerprint density at radius 1 is 1.15 bits per heavy atom. The van der Waals surface area contributed by atoms with Gasteiger partial charge in [0.1, 0.15) is 13.2 Å². The van der Waals surface area contributed by atoms with Crippen LogP contribution in [0.1, 0.15) is 38.7 Å². The van der Waals surface area contributed by atoms with Crippen LogP contribution in [-0.4, -0.2) is 72.1 Å². The van der Waals surface area contributed by atoms with Crippen molar-refractivity contribution in [2.45, 2.75) is 32.2 Å². The molecule has 0 radical (unpaired) electrons. The molecule has 0 saturated carbocycles. The van der Waals surface area contributed by atoms with Gasteiger partial charge in [-0.05, 0) is 29.7 Å². The number of amides is 1. The van der Waals surface area contributed by atoms with Gasteiger partial charge >= 0.3 is 12.1 Å². The number of rotatable bonds is 5. The second kappa shape index (κ2) is 9.60. The highest BCUT2D eigenvalue weighted by Gasteiger charge is 2.39. The molecule has 0 bridgehead atoms. The van der Waals surface area contributed by atoms with E-state index in [4.69, 9.17) is 9.47 Å². The normalized spacial score (nSPS) is 22.6. The molecule has 1 amide bonds. The van der Waals surface area contributed by atoms with Gasteiger partial charge in [-0.3, -0.25) is 9.80 Å². The van der Waals surface area contributed by atoms with Crippen LogP contribution in [-0.2, 0) is 22.7 Å². The van der Waals surface area contributed by atoms with Gasteiger partial charge in [0, 0.05) is 56.9 Å². The third-order valence-corrected chi connectivity index (χ3v) is 7.29. The highest BCUT2D eigenvalue weighted by atomic mass is 16.6. The van der Waals surface area contributed by atoms with Gasteiger partial charge < -0.3 is 14.4 Å². The van der Waals surface area contributed by atoms with Crippen LogP contribution in [0.25, 0.3) is 0 Å². The smallest absolute Gasteiger partial charge is 0.410 e. The summed E-state index contributed by atoms with van der Waals surface area (Å²) in [6.07, 6.45) is 1.69. The number of esters is 1. The van der Waals surface area contributed by atoms with Crippen molar-refractivity contribution < 1.29 is 19.1 Å². The molecule has 2 aromatic rings. The first-order chi connectivity index (χ1) is 16.5. The van der Waals surface area contributed by atoms with Crippen LogP contribution in [0.3, 0.4) is 0 Å². The maximum atomic E-state index is 12.7. The molecular weight excluding hydrogens is 430 g/mol. The summed E-state index contributed by atoms with van der Waals surface area (Å²) in [7, 11) is 0. The molecule has 0 aliphatic carbocycles. The summed E-state index contributed by atoms with van der Waals surface area (Å²) in [5, 5.41) is 0. The molecule has 2 unspecified atom stereocenters. The zero-order valence-electron chi connectivity index (χ0n) is 19.6. The molecule has 178 valence electrons. The van der Waals surface area contributed by atoms with E-state index in [1.54, 1.807) is 0 Å². The first-order valence-corrected chi connectivity index (χ1v) is 11.9. The molecule has 0 aromatic heterocycles. The Morgan fingerprint density at radius 2 is 1.97 bits per heavy atom. The van der Waals surface area contributed by atoms with Crippen LogP contribution in [0.4, 0.5) is 4.79 Å². The van der Waals surface area contributed by atoms with Gasteiger partial charge in [0.25, 0.3) is 0 Å². The second-order valence-corrected chi connectivity index (χ2v) is 9.28. The van der Waals surface area contributed by atoms with Crippen LogP contribution in [0, 0.1) is 6.92 Å². The Kier molecular flexibility index (Phi) is 6.39. The minimum Gasteiger partial charge on any atom is -0.457 e. The number of hydrogen-bond acceptors (Lipinski definition) is 6. The third kappa shape index (κ3) is 4.33. The van der Waals surface area contributed by atoms with E-state index in [0.717, 1.165) is 42.9 Å². The zero-order valence-corrected chi connectivity index (χ0v) is 19.6. The van der Waals surface area contributed by atoms with E-state index in [1.807, 2.05) is 47.4 Å². The van der Waals surface area contributed by atoms with Crippen molar-refractivity contribution in [3.05, 3.63) is 82.9 Å². The van der Waals surface area contributed by atoms with Gasteiger partial charge in [0.15, 0.2) is 0 Å². The van der Waals surface area contributed by atoms with Gasteiger partial charge in [-0.2, -0.15) is 0 Å². The number of benzene rings is 2. The maximum absolute atomic E-state index is 12.7. The Labute approximate surface area is 200 Å². The summed E-state index contributed by atoms with van der Waals surface area (Å²) < 4.78 is 10.8. The number of cyclic esters (lactones) is 1. The molecule has 3 aliphatic heterocycles. The molecule has 2 aromatic carbocycles. The first-order valence-electron chi connectivity index (χ1n) is 11.9. The molecule has 7 heteroatoms. The van der Waals surface area contributed by atoms with E-state index in [2.05, 4.69) is 29.4 Å². The van der Waals surface area contributed by atoms with Crippen molar-refractivity contribution in [1.29, 1.82) is 0 Å². The fraction of sp³-hybridized carbons (Fsp3) is 0.407. The summed E-state index contributed by atoms with van der Waals surface area (Å²) in [6.45, 7) is 11.3. The summed E-state index contributed by atoms with van der Waals surface area (Å²) >= 11 is 0. The van der Waals surface area contributed by atoms with Crippen molar-refractivity contribution in [3.63, 3.8) is 0 Å². The lowest BCUT2D eigenvalue weighted by Gasteiger charge is -2.50. The lowest BCUT2D eigenvalue weighted by atomic mass is 9.90. The van der Waals surface area contributed by atoms with Crippen molar-refractivity contribution in [3.8, 4) is 0 Å². The van der Waals surface area contributed by atoms with Crippen LogP contribution < -0.4 is 0 Å². The standard InChI is InChI=1S/C27H31N3O4/c1-3-11-29-14-21-15-30(27(32)34-17-20-7-5-4-6-8-20)13-12-28(21)16-25(29)22-9-10-23-24(19(22)2)18-33-26(23)31/h3-10,21,25H,1,11-18H2,2H3. The Bertz CT molecular complexity index is 1090. The number of nitrogens with zero attached hydrogens (tertiary/aromatic N) is 3. The number of fused-ring (bicyclic) bond motifs is 2. The molecule has 0 N–H and O–H groups in total. The quantitative estimate of drug-likeness (QED) is 0.502. The van der Waals surface area contributed by atoms with Gasteiger partial charge in [-0.25, -0.2) is 9.59 Å². The largest absolute Gasteiger partial charge is 0.457 e. The van der Waals surface area contributed by atoms with Crippen LogP contribution >= 0.6 is 0 Å². The minimum atomic E-state index is -0.250. The lowest BCUT2D eigenvalue weighted by Crippen LogP contribution is -2.63. The molecule has 34 heavy (non-hydrogen) atoms. The average molecular weight is 462 g/mol. The highest BCUT2D eigenvalue weighted by molar-refractivity contribution is 5.94. The van der Waals surface area contributed by atoms with Crippen molar-refractivity contribution >= 4 is 12.1 Å². The molecule has 2 atom stereocenters. The van der Waals surface area contributed by atoms with E-state index in [0.29, 0.717) is 31.9 Å². The van der Waals surface area contributed by atoms with E-state index >= 15 is 0 Å². The van der Waals surface area contributed by atoms with Gasteiger partial charge in [-0.15, -0.1) is 6.58 Å². The molecule has 3 heterocycles. The summed E-state index contributed by atoms with van der Waals surface area (Å²) in [6, 6.07) is 14.2. The molecule has 5 rings (SSSR count). The fourth-order valence-electron chi connectivity index (χ4n) is 5.41. The van der Waals surface area contributed by atoms with E-state index in [1.165, 1.54) is 5.56 Å². The van der Waals surface area contributed by atoms with Gasteiger partial charge in [-0.1, -0.05) is 42.5 Å². The Morgan fingerprint density at radius 3 is 2.76 bits per heavy atom. The summed E-state index contributed by atoms with van der Waals surface area (Å²) in [5.74, 6) is -0.230. The van der Waals surface area contributed by atoms with Crippen LogP contribution in [0.5, 0.6) is 0 Å². The second-order valence-electron chi connectivity index (χ2n) is 9.28. The van der Waals surface area contributed by atoms with Crippen molar-refractivity contribution in [2.24, 2.45) is 0 Å². The molecule has 2 fully saturated rings. The topological polar surface area (TPSA) is 62.3 Å². The van der Waals surface area contributed by atoms with E-state index < -0.39 is 0 Å². The predicted molar refractivity (Wildman–Crippen MR) is 128 cm³/mol. The fourth-order valence-corrected chi connectivity index (χ4v) is 5.41. The van der Waals surface area contributed by atoms with E-state index in [-0.39, 0.29) is 24.1 Å². The van der Waals surface area contributed by atoms with Crippen LogP contribution in [0.15, 0.2) is 55.1 Å². The zero-order chi connectivity index (χ0) is 23.7. The molecular formula is C27H31N3O4. The van der Waals surface area contributed by atoms with Gasteiger partial charge in [0.2, 0.25) is 0 Å². The maximum Gasteiger partial charge on any atom is 0.410 e. The minimum absolute atomic E-state index is 0.201. The van der Waals surface area contributed by atoms with Crippen LogP contribution in [0.2, 0.25) is 0 Å². The molecule has 0 spiro atoms. The highest BCUT2D eigenvalue weighted by Crippen LogP contribution is 2.35. The number of hydrogen-bond donors (Lipinski definition) is 0. The van der Waals surface area contributed by atoms with E-state index in [9.17, 15) is 9.59 Å². The number of carbonyl (C=O) groups is 2. The lowest BCUT2D eigenvalue weighted by molar-refractivity contribution is -0.0156. The Hall–Kier alpha value is -3.16. The van der Waals surface area contributed by atoms with Crippen molar-refractivity contribution in [2.75, 3.05) is 39.3 Å².